The number of hydrogen-bond acceptors (Lipinski definition) is 3. The fourth-order valence-electron chi connectivity index (χ4n) is 2.44. The maximum atomic E-state index is 12.2. The third-order valence-electron chi connectivity index (χ3n) is 3.73. The van der Waals surface area contributed by atoms with Crippen LogP contribution >= 0.6 is 0 Å². The molecule has 0 spiro atoms. The van der Waals surface area contributed by atoms with E-state index >= 15 is 0 Å². The van der Waals surface area contributed by atoms with E-state index in [1.807, 2.05) is 38.1 Å². The lowest BCUT2D eigenvalue weighted by Gasteiger charge is -2.33. The average Bonchev–Trinajstić information content (AvgIpc) is 2.49. The van der Waals surface area contributed by atoms with Gasteiger partial charge in [-0.05, 0) is 25.0 Å². The molecule has 2 rings (SSSR count). The summed E-state index contributed by atoms with van der Waals surface area (Å²) in [6.07, 6.45) is 0. The van der Waals surface area contributed by atoms with Gasteiger partial charge in [0.15, 0.2) is 0 Å². The van der Waals surface area contributed by atoms with Gasteiger partial charge in [-0.25, -0.2) is 0 Å². The zero-order valence-corrected chi connectivity index (χ0v) is 13.0. The minimum Gasteiger partial charge on any atom is -0.355 e. The van der Waals surface area contributed by atoms with Crippen LogP contribution < -0.4 is 5.32 Å². The number of hydrogen-bond donors (Lipinski definition) is 1. The first-order valence-electron chi connectivity index (χ1n) is 7.42. The lowest BCUT2D eigenvalue weighted by atomic mass is 10.1. The predicted molar refractivity (Wildman–Crippen MR) is 81.9 cm³/mol. The Balaban J connectivity index is 1.99. The van der Waals surface area contributed by atoms with Gasteiger partial charge in [-0.3, -0.25) is 14.4 Å². The summed E-state index contributed by atoms with van der Waals surface area (Å²) in [4.78, 5) is 38.7. The zero-order chi connectivity index (χ0) is 16.1. The molecule has 22 heavy (non-hydrogen) atoms. The van der Waals surface area contributed by atoms with Crippen LogP contribution in [0.2, 0.25) is 0 Å². The first-order valence-corrected chi connectivity index (χ1v) is 7.42. The summed E-state index contributed by atoms with van der Waals surface area (Å²) < 4.78 is 0. The normalized spacial score (nSPS) is 15.2. The first kappa shape index (κ1) is 16.0. The molecule has 6 heteroatoms. The number of nitrogens with zero attached hydrogens (tertiary/aromatic N) is 2. The number of amides is 3. The van der Waals surface area contributed by atoms with Crippen molar-refractivity contribution in [3.8, 4) is 0 Å². The molecule has 0 atom stereocenters. The summed E-state index contributed by atoms with van der Waals surface area (Å²) >= 11 is 0. The Bertz CT molecular complexity index is 586. The van der Waals surface area contributed by atoms with E-state index in [9.17, 15) is 14.4 Å². The van der Waals surface area contributed by atoms with Crippen LogP contribution in [0, 0.1) is 6.92 Å². The molecule has 0 bridgehead atoms. The van der Waals surface area contributed by atoms with E-state index in [0.29, 0.717) is 26.2 Å². The monoisotopic (exact) mass is 303 g/mol. The molecular formula is C16H21N3O3. The topological polar surface area (TPSA) is 69.7 Å². The fraction of sp³-hybridized carbons (Fsp3) is 0.438. The van der Waals surface area contributed by atoms with Gasteiger partial charge >= 0.3 is 11.8 Å². The Kier molecular flexibility index (Phi) is 5.14. The van der Waals surface area contributed by atoms with Crippen molar-refractivity contribution in [2.75, 3.05) is 26.2 Å². The molecule has 0 aromatic heterocycles. The van der Waals surface area contributed by atoms with E-state index in [2.05, 4.69) is 5.32 Å². The van der Waals surface area contributed by atoms with Crippen molar-refractivity contribution in [1.29, 1.82) is 0 Å². The molecule has 6 nitrogen and oxygen atoms in total. The molecule has 0 unspecified atom stereocenters. The van der Waals surface area contributed by atoms with E-state index in [1.165, 1.54) is 4.90 Å². The third-order valence-corrected chi connectivity index (χ3v) is 3.73. The van der Waals surface area contributed by atoms with Crippen LogP contribution in [0.4, 0.5) is 0 Å². The number of aryl methyl sites for hydroxylation is 1. The van der Waals surface area contributed by atoms with Crippen LogP contribution in [0.15, 0.2) is 24.3 Å². The second-order valence-electron chi connectivity index (χ2n) is 5.33. The van der Waals surface area contributed by atoms with E-state index in [1.54, 1.807) is 4.90 Å². The lowest BCUT2D eigenvalue weighted by molar-refractivity contribution is -0.157. The summed E-state index contributed by atoms with van der Waals surface area (Å²) in [5.41, 5.74) is 2.12. The molecule has 118 valence electrons. The smallest absolute Gasteiger partial charge is 0.312 e. The van der Waals surface area contributed by atoms with Crippen LogP contribution in [0.25, 0.3) is 0 Å². The Labute approximate surface area is 130 Å². The van der Waals surface area contributed by atoms with Gasteiger partial charge in [0.05, 0.1) is 0 Å². The second-order valence-corrected chi connectivity index (χ2v) is 5.33. The molecule has 1 N–H and O–H groups in total. The number of piperazine rings is 1. The highest BCUT2D eigenvalue weighted by molar-refractivity contribution is 6.35. The third kappa shape index (κ3) is 3.63. The second kappa shape index (κ2) is 7.06. The minimum atomic E-state index is -0.605. The minimum absolute atomic E-state index is 0.0589. The van der Waals surface area contributed by atoms with Crippen molar-refractivity contribution in [3.05, 3.63) is 35.4 Å². The summed E-state index contributed by atoms with van der Waals surface area (Å²) in [5.74, 6) is -1.39. The summed E-state index contributed by atoms with van der Waals surface area (Å²) in [5, 5.41) is 2.63. The maximum absolute atomic E-state index is 12.2. The zero-order valence-electron chi connectivity index (χ0n) is 13.0. The standard InChI is InChI=1S/C16H21N3O3/c1-3-17-14(20)11-19-9-8-18(15(21)16(19)22)10-13-7-5-4-6-12(13)2/h4-7H,3,8-11H2,1-2H3,(H,17,20). The highest BCUT2D eigenvalue weighted by Crippen LogP contribution is 2.13. The average molecular weight is 303 g/mol. The molecule has 1 aliphatic heterocycles. The lowest BCUT2D eigenvalue weighted by Crippen LogP contribution is -2.55. The number of benzene rings is 1. The van der Waals surface area contributed by atoms with Gasteiger partial charge in [-0.1, -0.05) is 24.3 Å². The molecule has 1 saturated heterocycles. The van der Waals surface area contributed by atoms with Crippen molar-refractivity contribution >= 4 is 17.7 Å². The Hall–Kier alpha value is -2.37. The van der Waals surface area contributed by atoms with Crippen LogP contribution in [-0.2, 0) is 20.9 Å². The summed E-state index contributed by atoms with van der Waals surface area (Å²) in [7, 11) is 0. The highest BCUT2D eigenvalue weighted by atomic mass is 16.2. The van der Waals surface area contributed by atoms with Gasteiger partial charge in [0, 0.05) is 26.2 Å². The van der Waals surface area contributed by atoms with Crippen molar-refractivity contribution in [3.63, 3.8) is 0 Å². The van der Waals surface area contributed by atoms with Crippen molar-refractivity contribution in [2.24, 2.45) is 0 Å². The van der Waals surface area contributed by atoms with Crippen LogP contribution in [0.5, 0.6) is 0 Å². The Morgan fingerprint density at radius 2 is 1.77 bits per heavy atom. The Morgan fingerprint density at radius 3 is 2.45 bits per heavy atom. The molecule has 1 aromatic rings. The quantitative estimate of drug-likeness (QED) is 0.796. The van der Waals surface area contributed by atoms with E-state index in [4.69, 9.17) is 0 Å². The van der Waals surface area contributed by atoms with Gasteiger partial charge in [0.2, 0.25) is 5.91 Å². The molecule has 1 aromatic carbocycles. The first-order chi connectivity index (χ1) is 10.5. The SMILES string of the molecule is CCNC(=O)CN1CCN(Cc2ccccc2C)C(=O)C1=O. The highest BCUT2D eigenvalue weighted by Gasteiger charge is 2.33. The molecule has 1 fully saturated rings. The number of nitrogens with one attached hydrogen (secondary N) is 1. The van der Waals surface area contributed by atoms with Crippen LogP contribution in [-0.4, -0.2) is 53.7 Å². The summed E-state index contributed by atoms with van der Waals surface area (Å²) in [6.45, 7) is 5.49. The number of likely N-dealkylation sites (N-methyl/N-ethyl adjacent to an activating group) is 1. The van der Waals surface area contributed by atoms with Crippen molar-refractivity contribution < 1.29 is 14.4 Å². The van der Waals surface area contributed by atoms with Gasteiger partial charge in [-0.15, -0.1) is 0 Å². The maximum Gasteiger partial charge on any atom is 0.312 e. The van der Waals surface area contributed by atoms with Crippen molar-refractivity contribution in [2.45, 2.75) is 20.4 Å². The molecule has 0 aliphatic carbocycles. The van der Waals surface area contributed by atoms with E-state index in [0.717, 1.165) is 11.1 Å². The van der Waals surface area contributed by atoms with Crippen LogP contribution in [0.1, 0.15) is 18.1 Å². The number of carbonyl (C=O) groups excluding carboxylic acids is 3. The molecule has 3 amide bonds. The van der Waals surface area contributed by atoms with E-state index < -0.39 is 11.8 Å². The molecule has 0 radical (unpaired) electrons. The fourth-order valence-corrected chi connectivity index (χ4v) is 2.44. The van der Waals surface area contributed by atoms with Gasteiger partial charge in [-0.2, -0.15) is 0 Å². The molecule has 1 heterocycles. The molecule has 0 saturated carbocycles. The Morgan fingerprint density at radius 1 is 1.14 bits per heavy atom. The van der Waals surface area contributed by atoms with Gasteiger partial charge in [0.25, 0.3) is 0 Å². The number of carbonyl (C=O) groups is 3. The largest absolute Gasteiger partial charge is 0.355 e. The molecule has 1 aliphatic rings. The van der Waals surface area contributed by atoms with Crippen LogP contribution in [0.3, 0.4) is 0 Å². The molecular weight excluding hydrogens is 282 g/mol. The van der Waals surface area contributed by atoms with Gasteiger partial charge in [0.1, 0.15) is 6.54 Å². The predicted octanol–water partition coefficient (Wildman–Crippen LogP) is 0.302. The van der Waals surface area contributed by atoms with E-state index in [-0.39, 0.29) is 12.5 Å². The van der Waals surface area contributed by atoms with Gasteiger partial charge < -0.3 is 15.1 Å². The summed E-state index contributed by atoms with van der Waals surface area (Å²) in [6, 6.07) is 7.79. The number of rotatable bonds is 5. The van der Waals surface area contributed by atoms with Crippen molar-refractivity contribution in [1.82, 2.24) is 15.1 Å².